The quantitative estimate of drug-likeness (QED) is 0.911. The van der Waals surface area contributed by atoms with Gasteiger partial charge in [0.1, 0.15) is 5.75 Å². The van der Waals surface area contributed by atoms with Gasteiger partial charge in [0, 0.05) is 31.1 Å². The minimum Gasteiger partial charge on any atom is -0.493 e. The van der Waals surface area contributed by atoms with Crippen LogP contribution in [0.4, 0.5) is 0 Å². The van der Waals surface area contributed by atoms with Gasteiger partial charge in [0.05, 0.1) is 6.61 Å². The Morgan fingerprint density at radius 2 is 2.40 bits per heavy atom. The average Bonchev–Trinajstić information content (AvgIpc) is 3.13. The fourth-order valence-electron chi connectivity index (χ4n) is 3.08. The summed E-state index contributed by atoms with van der Waals surface area (Å²) in [5.74, 6) is 1.10. The van der Waals surface area contributed by atoms with E-state index in [1.54, 1.807) is 0 Å². The highest BCUT2D eigenvalue weighted by Crippen LogP contribution is 2.27. The van der Waals surface area contributed by atoms with Crippen molar-refractivity contribution < 1.29 is 9.53 Å². The number of rotatable bonds is 4. The van der Waals surface area contributed by atoms with Gasteiger partial charge < -0.3 is 15.0 Å². The summed E-state index contributed by atoms with van der Waals surface area (Å²) in [7, 11) is 0. The number of fused-ring (bicyclic) bond motifs is 1. The third kappa shape index (κ3) is 2.52. The smallest absolute Gasteiger partial charge is 0.254 e. The lowest BCUT2D eigenvalue weighted by Gasteiger charge is -2.28. The molecule has 108 valence electrons. The van der Waals surface area contributed by atoms with Gasteiger partial charge in [-0.05, 0) is 43.1 Å². The van der Waals surface area contributed by atoms with Crippen molar-refractivity contribution in [2.75, 3.05) is 26.2 Å². The molecule has 2 heterocycles. The molecule has 20 heavy (non-hydrogen) atoms. The lowest BCUT2D eigenvalue weighted by atomic mass is 10.1. The summed E-state index contributed by atoms with van der Waals surface area (Å²) in [5, 5.41) is 3.35. The van der Waals surface area contributed by atoms with Crippen molar-refractivity contribution >= 4 is 5.91 Å². The second kappa shape index (κ2) is 5.83. The molecule has 1 fully saturated rings. The van der Waals surface area contributed by atoms with Crippen LogP contribution in [0.25, 0.3) is 0 Å². The van der Waals surface area contributed by atoms with E-state index in [1.165, 1.54) is 0 Å². The number of carbonyl (C=O) groups is 1. The zero-order chi connectivity index (χ0) is 13.9. The first-order valence-electron chi connectivity index (χ1n) is 7.57. The van der Waals surface area contributed by atoms with Gasteiger partial charge in [0.25, 0.3) is 5.91 Å². The molecule has 0 radical (unpaired) electrons. The summed E-state index contributed by atoms with van der Waals surface area (Å²) in [6.07, 6.45) is 2.96. The molecule has 0 aromatic heterocycles. The maximum Gasteiger partial charge on any atom is 0.254 e. The van der Waals surface area contributed by atoms with Gasteiger partial charge in [-0.2, -0.15) is 0 Å². The van der Waals surface area contributed by atoms with Gasteiger partial charge in [0.2, 0.25) is 0 Å². The maximum atomic E-state index is 12.8. The Morgan fingerprint density at radius 1 is 1.50 bits per heavy atom. The fraction of sp³-hybridized carbons (Fsp3) is 0.562. The largest absolute Gasteiger partial charge is 0.493 e. The molecule has 1 saturated heterocycles. The number of hydrogen-bond donors (Lipinski definition) is 1. The van der Waals surface area contributed by atoms with Crippen molar-refractivity contribution in [2.45, 2.75) is 32.2 Å². The molecule has 0 bridgehead atoms. The third-order valence-corrected chi connectivity index (χ3v) is 4.14. The predicted molar refractivity (Wildman–Crippen MR) is 78.2 cm³/mol. The van der Waals surface area contributed by atoms with Gasteiger partial charge in [-0.15, -0.1) is 0 Å². The summed E-state index contributed by atoms with van der Waals surface area (Å²) in [4.78, 5) is 14.8. The second-order valence-corrected chi connectivity index (χ2v) is 5.57. The van der Waals surface area contributed by atoms with Crippen molar-refractivity contribution in [1.82, 2.24) is 10.2 Å². The zero-order valence-electron chi connectivity index (χ0n) is 12.0. The van der Waals surface area contributed by atoms with Gasteiger partial charge in [-0.1, -0.05) is 6.92 Å². The number of benzene rings is 1. The molecular formula is C16H22N2O2. The Labute approximate surface area is 120 Å². The zero-order valence-corrected chi connectivity index (χ0v) is 12.0. The van der Waals surface area contributed by atoms with Crippen LogP contribution >= 0.6 is 0 Å². The average molecular weight is 274 g/mol. The highest BCUT2D eigenvalue weighted by Gasteiger charge is 2.27. The molecule has 4 nitrogen and oxygen atoms in total. The van der Waals surface area contributed by atoms with E-state index in [0.29, 0.717) is 6.04 Å². The monoisotopic (exact) mass is 274 g/mol. The van der Waals surface area contributed by atoms with E-state index in [-0.39, 0.29) is 5.91 Å². The first-order valence-corrected chi connectivity index (χ1v) is 7.57. The van der Waals surface area contributed by atoms with Gasteiger partial charge in [0.15, 0.2) is 0 Å². The van der Waals surface area contributed by atoms with Crippen molar-refractivity contribution in [3.63, 3.8) is 0 Å². The Morgan fingerprint density at radius 3 is 3.15 bits per heavy atom. The molecule has 0 aliphatic carbocycles. The van der Waals surface area contributed by atoms with E-state index < -0.39 is 0 Å². The first-order chi connectivity index (χ1) is 9.79. The fourth-order valence-corrected chi connectivity index (χ4v) is 3.08. The molecule has 4 heteroatoms. The molecule has 1 unspecified atom stereocenters. The van der Waals surface area contributed by atoms with Gasteiger partial charge in [-0.3, -0.25) is 4.79 Å². The molecule has 2 aliphatic heterocycles. The highest BCUT2D eigenvalue weighted by atomic mass is 16.5. The van der Waals surface area contributed by atoms with Crippen LogP contribution in [0.1, 0.15) is 35.7 Å². The number of nitrogens with zero attached hydrogens (tertiary/aromatic N) is 1. The van der Waals surface area contributed by atoms with Crippen LogP contribution in [0.15, 0.2) is 18.2 Å². The number of amides is 1. The number of nitrogens with one attached hydrogen (secondary N) is 1. The van der Waals surface area contributed by atoms with E-state index >= 15 is 0 Å². The van der Waals surface area contributed by atoms with Crippen molar-refractivity contribution in [3.05, 3.63) is 29.3 Å². The van der Waals surface area contributed by atoms with Crippen LogP contribution in [0, 0.1) is 0 Å². The van der Waals surface area contributed by atoms with E-state index in [1.807, 2.05) is 23.1 Å². The lowest BCUT2D eigenvalue weighted by Crippen LogP contribution is -2.42. The summed E-state index contributed by atoms with van der Waals surface area (Å²) >= 11 is 0. The Balaban J connectivity index is 1.81. The van der Waals surface area contributed by atoms with Gasteiger partial charge >= 0.3 is 0 Å². The lowest BCUT2D eigenvalue weighted by molar-refractivity contribution is 0.0692. The van der Waals surface area contributed by atoms with E-state index in [0.717, 1.165) is 62.4 Å². The normalized spacial score (nSPS) is 20.6. The van der Waals surface area contributed by atoms with E-state index in [2.05, 4.69) is 12.2 Å². The van der Waals surface area contributed by atoms with Crippen molar-refractivity contribution in [2.24, 2.45) is 0 Å². The van der Waals surface area contributed by atoms with Crippen molar-refractivity contribution in [3.8, 4) is 5.75 Å². The molecule has 0 spiro atoms. The minimum atomic E-state index is 0.162. The summed E-state index contributed by atoms with van der Waals surface area (Å²) in [5.41, 5.74) is 1.96. The predicted octanol–water partition coefficient (Wildman–Crippen LogP) is 1.84. The van der Waals surface area contributed by atoms with E-state index in [4.69, 9.17) is 4.74 Å². The summed E-state index contributed by atoms with van der Waals surface area (Å²) < 4.78 is 5.51. The molecule has 2 aliphatic rings. The first kappa shape index (κ1) is 13.4. The van der Waals surface area contributed by atoms with Gasteiger partial charge in [-0.25, -0.2) is 0 Å². The van der Waals surface area contributed by atoms with Crippen LogP contribution in [0.3, 0.4) is 0 Å². The molecule has 1 aromatic rings. The van der Waals surface area contributed by atoms with E-state index in [9.17, 15) is 4.79 Å². The maximum absolute atomic E-state index is 12.8. The number of ether oxygens (including phenoxy) is 1. The molecular weight excluding hydrogens is 252 g/mol. The SMILES string of the molecule is CCCN(C(=O)c1ccc2c(c1)CCO2)C1CCNC1. The van der Waals surface area contributed by atoms with Crippen LogP contribution in [0.2, 0.25) is 0 Å². The van der Waals surface area contributed by atoms with Crippen LogP contribution < -0.4 is 10.1 Å². The Hall–Kier alpha value is -1.55. The molecule has 0 saturated carbocycles. The van der Waals surface area contributed by atoms with Crippen LogP contribution in [-0.4, -0.2) is 43.1 Å². The summed E-state index contributed by atoms with van der Waals surface area (Å²) in [6.45, 7) is 5.62. The topological polar surface area (TPSA) is 41.6 Å². The Kier molecular flexibility index (Phi) is 3.92. The molecule has 3 rings (SSSR count). The highest BCUT2D eigenvalue weighted by molar-refractivity contribution is 5.95. The molecule has 1 atom stereocenters. The van der Waals surface area contributed by atoms with Crippen LogP contribution in [-0.2, 0) is 6.42 Å². The standard InChI is InChI=1S/C16H22N2O2/c1-2-8-18(14-5-7-17-11-14)16(19)13-3-4-15-12(10-13)6-9-20-15/h3-4,10,14,17H,2,5-9,11H2,1H3. The Bertz CT molecular complexity index is 495. The number of carbonyl (C=O) groups excluding carboxylic acids is 1. The molecule has 1 aromatic carbocycles. The molecule has 1 amide bonds. The molecule has 1 N–H and O–H groups in total. The third-order valence-electron chi connectivity index (χ3n) is 4.14. The number of hydrogen-bond acceptors (Lipinski definition) is 3. The second-order valence-electron chi connectivity index (χ2n) is 5.57. The minimum absolute atomic E-state index is 0.162. The van der Waals surface area contributed by atoms with Crippen molar-refractivity contribution in [1.29, 1.82) is 0 Å². The summed E-state index contributed by atoms with van der Waals surface area (Å²) in [6, 6.07) is 6.19. The van der Waals surface area contributed by atoms with Crippen LogP contribution in [0.5, 0.6) is 5.75 Å².